The topological polar surface area (TPSA) is 64.2 Å². The minimum atomic E-state index is 0.0442. The van der Waals surface area contributed by atoms with E-state index in [4.69, 9.17) is 17.3 Å². The van der Waals surface area contributed by atoms with Crippen molar-refractivity contribution in [1.29, 1.82) is 0 Å². The Hall–Kier alpha value is -1.85. The fraction of sp³-hybridized carbons (Fsp3) is 0.500. The number of halogens is 1. The molecule has 1 aliphatic heterocycles. The van der Waals surface area contributed by atoms with Crippen LogP contribution in [-0.4, -0.2) is 40.2 Å². The lowest BCUT2D eigenvalue weighted by atomic mass is 9.90. The van der Waals surface area contributed by atoms with Crippen molar-refractivity contribution in [2.24, 2.45) is 11.1 Å². The van der Waals surface area contributed by atoms with E-state index in [-0.39, 0.29) is 11.3 Å². The Morgan fingerprint density at radius 1 is 1.35 bits per heavy atom. The van der Waals surface area contributed by atoms with Crippen molar-refractivity contribution >= 4 is 17.5 Å². The highest BCUT2D eigenvalue weighted by atomic mass is 35.5. The molecule has 2 N–H and O–H groups in total. The van der Waals surface area contributed by atoms with Gasteiger partial charge in [0.2, 0.25) is 5.91 Å². The van der Waals surface area contributed by atoms with Crippen LogP contribution >= 0.6 is 11.6 Å². The standard InChI is InChI=1S/C20H27ClN4O/c1-13-5-6-16(9-18(13)21)25-15(3)17(14(2)23-25)10-19(26)24-8-7-20(4,11-22)12-24/h5-6,9H,7-8,10-12,22H2,1-4H3. The van der Waals surface area contributed by atoms with Gasteiger partial charge in [-0.2, -0.15) is 5.10 Å². The average molecular weight is 375 g/mol. The number of hydrogen-bond donors (Lipinski definition) is 1. The Morgan fingerprint density at radius 2 is 2.08 bits per heavy atom. The molecule has 0 bridgehead atoms. The van der Waals surface area contributed by atoms with Gasteiger partial charge in [0.25, 0.3) is 0 Å². The van der Waals surface area contributed by atoms with Crippen LogP contribution in [-0.2, 0) is 11.2 Å². The normalized spacial score (nSPS) is 20.0. The summed E-state index contributed by atoms with van der Waals surface area (Å²) >= 11 is 6.26. The summed E-state index contributed by atoms with van der Waals surface area (Å²) in [6.45, 7) is 10.2. The SMILES string of the molecule is Cc1ccc(-n2nc(C)c(CC(=O)N3CCC(C)(CN)C3)c2C)cc1Cl. The van der Waals surface area contributed by atoms with Gasteiger partial charge in [-0.3, -0.25) is 4.79 Å². The van der Waals surface area contributed by atoms with E-state index in [1.54, 1.807) is 0 Å². The maximum absolute atomic E-state index is 12.8. The van der Waals surface area contributed by atoms with Gasteiger partial charge in [-0.15, -0.1) is 0 Å². The summed E-state index contributed by atoms with van der Waals surface area (Å²) in [7, 11) is 0. The van der Waals surface area contributed by atoms with Gasteiger partial charge >= 0.3 is 0 Å². The molecule has 0 saturated carbocycles. The molecule has 2 aromatic rings. The van der Waals surface area contributed by atoms with Gasteiger partial charge in [0.1, 0.15) is 0 Å². The molecule has 1 atom stereocenters. The highest BCUT2D eigenvalue weighted by molar-refractivity contribution is 6.31. The fourth-order valence-electron chi connectivity index (χ4n) is 3.56. The van der Waals surface area contributed by atoms with Crippen molar-refractivity contribution in [3.8, 4) is 5.69 Å². The fourth-order valence-corrected chi connectivity index (χ4v) is 3.74. The molecule has 1 unspecified atom stereocenters. The number of carbonyl (C=O) groups is 1. The minimum Gasteiger partial charge on any atom is -0.342 e. The number of benzene rings is 1. The number of hydrogen-bond acceptors (Lipinski definition) is 3. The first kappa shape index (κ1) is 18.9. The van der Waals surface area contributed by atoms with Crippen molar-refractivity contribution in [1.82, 2.24) is 14.7 Å². The third-order valence-electron chi connectivity index (χ3n) is 5.57. The first-order valence-corrected chi connectivity index (χ1v) is 9.41. The quantitative estimate of drug-likeness (QED) is 0.893. The van der Waals surface area contributed by atoms with E-state index < -0.39 is 0 Å². The first-order chi connectivity index (χ1) is 12.2. The predicted octanol–water partition coefficient (Wildman–Crippen LogP) is 3.19. The number of aryl methyl sites for hydroxylation is 2. The zero-order valence-electron chi connectivity index (χ0n) is 16.0. The van der Waals surface area contributed by atoms with Crippen LogP contribution in [0.5, 0.6) is 0 Å². The number of nitrogens with zero attached hydrogens (tertiary/aromatic N) is 3. The van der Waals surface area contributed by atoms with Crippen LogP contribution in [0.15, 0.2) is 18.2 Å². The summed E-state index contributed by atoms with van der Waals surface area (Å²) < 4.78 is 1.87. The van der Waals surface area contributed by atoms with Crippen LogP contribution in [0.4, 0.5) is 0 Å². The van der Waals surface area contributed by atoms with Crippen molar-refractivity contribution in [3.63, 3.8) is 0 Å². The third kappa shape index (κ3) is 3.51. The van der Waals surface area contributed by atoms with E-state index in [0.717, 1.165) is 47.7 Å². The molecule has 0 spiro atoms. The predicted molar refractivity (Wildman–Crippen MR) is 105 cm³/mol. The molecular formula is C20H27ClN4O. The molecule has 1 amide bonds. The van der Waals surface area contributed by atoms with E-state index in [1.165, 1.54) is 0 Å². The second kappa shape index (κ2) is 7.05. The molecule has 2 heterocycles. The zero-order chi connectivity index (χ0) is 19.1. The molecule has 140 valence electrons. The molecule has 6 heteroatoms. The molecule has 1 fully saturated rings. The lowest BCUT2D eigenvalue weighted by molar-refractivity contribution is -0.129. The summed E-state index contributed by atoms with van der Waals surface area (Å²) in [5.74, 6) is 0.148. The lowest BCUT2D eigenvalue weighted by Gasteiger charge is -2.22. The molecule has 1 aliphatic rings. The van der Waals surface area contributed by atoms with Gasteiger partial charge in [0.15, 0.2) is 0 Å². The van der Waals surface area contributed by atoms with Gasteiger partial charge in [-0.1, -0.05) is 24.6 Å². The van der Waals surface area contributed by atoms with Gasteiger partial charge in [0, 0.05) is 29.4 Å². The molecule has 1 aromatic carbocycles. The molecule has 1 aromatic heterocycles. The smallest absolute Gasteiger partial charge is 0.227 e. The Kier molecular flexibility index (Phi) is 5.13. The van der Waals surface area contributed by atoms with Crippen molar-refractivity contribution in [3.05, 3.63) is 45.7 Å². The molecule has 5 nitrogen and oxygen atoms in total. The Balaban J connectivity index is 1.82. The van der Waals surface area contributed by atoms with Crippen LogP contribution in [0.2, 0.25) is 5.02 Å². The molecule has 26 heavy (non-hydrogen) atoms. The minimum absolute atomic E-state index is 0.0442. The Bertz CT molecular complexity index is 845. The third-order valence-corrected chi connectivity index (χ3v) is 5.98. The van der Waals surface area contributed by atoms with Crippen LogP contribution in [0.3, 0.4) is 0 Å². The average Bonchev–Trinajstić information content (AvgIpc) is 3.13. The van der Waals surface area contributed by atoms with E-state index >= 15 is 0 Å². The van der Waals surface area contributed by atoms with E-state index in [9.17, 15) is 4.79 Å². The van der Waals surface area contributed by atoms with Gasteiger partial charge in [0.05, 0.1) is 17.8 Å². The number of carbonyl (C=O) groups excluding carboxylic acids is 1. The van der Waals surface area contributed by atoms with Crippen molar-refractivity contribution < 1.29 is 4.79 Å². The van der Waals surface area contributed by atoms with Gasteiger partial charge in [-0.05, 0) is 56.8 Å². The molecule has 0 aliphatic carbocycles. The summed E-state index contributed by atoms with van der Waals surface area (Å²) in [4.78, 5) is 14.7. The lowest BCUT2D eigenvalue weighted by Crippen LogP contribution is -2.35. The number of amides is 1. The van der Waals surface area contributed by atoms with Crippen LogP contribution in [0, 0.1) is 26.2 Å². The summed E-state index contributed by atoms with van der Waals surface area (Å²) in [5, 5.41) is 5.36. The van der Waals surface area contributed by atoms with E-state index in [0.29, 0.717) is 18.0 Å². The monoisotopic (exact) mass is 374 g/mol. The molecule has 0 radical (unpaired) electrons. The number of nitrogens with two attached hydrogens (primary N) is 1. The summed E-state index contributed by atoms with van der Waals surface area (Å²) in [6, 6.07) is 5.89. The van der Waals surface area contributed by atoms with Crippen LogP contribution in [0.1, 0.15) is 35.9 Å². The van der Waals surface area contributed by atoms with Crippen LogP contribution < -0.4 is 5.73 Å². The highest BCUT2D eigenvalue weighted by Crippen LogP contribution is 2.29. The number of likely N-dealkylation sites (tertiary alicyclic amines) is 1. The second-order valence-electron chi connectivity index (χ2n) is 7.75. The first-order valence-electron chi connectivity index (χ1n) is 9.03. The Morgan fingerprint density at radius 3 is 2.69 bits per heavy atom. The largest absolute Gasteiger partial charge is 0.342 e. The molecule has 1 saturated heterocycles. The van der Waals surface area contributed by atoms with Crippen molar-refractivity contribution in [2.75, 3.05) is 19.6 Å². The molecule has 3 rings (SSSR count). The number of rotatable bonds is 4. The molecular weight excluding hydrogens is 348 g/mol. The maximum Gasteiger partial charge on any atom is 0.227 e. The van der Waals surface area contributed by atoms with Crippen LogP contribution in [0.25, 0.3) is 5.69 Å². The van der Waals surface area contributed by atoms with E-state index in [2.05, 4.69) is 12.0 Å². The highest BCUT2D eigenvalue weighted by Gasteiger charge is 2.35. The summed E-state index contributed by atoms with van der Waals surface area (Å²) in [6.07, 6.45) is 1.34. The van der Waals surface area contributed by atoms with Gasteiger partial charge < -0.3 is 10.6 Å². The van der Waals surface area contributed by atoms with Crippen molar-refractivity contribution in [2.45, 2.75) is 40.5 Å². The number of aromatic nitrogens is 2. The maximum atomic E-state index is 12.8. The van der Waals surface area contributed by atoms with Gasteiger partial charge in [-0.25, -0.2) is 4.68 Å². The Labute approximate surface area is 160 Å². The zero-order valence-corrected chi connectivity index (χ0v) is 16.7. The second-order valence-corrected chi connectivity index (χ2v) is 8.16. The van der Waals surface area contributed by atoms with E-state index in [1.807, 2.05) is 48.6 Å². The summed E-state index contributed by atoms with van der Waals surface area (Å²) in [5.41, 5.74) is 10.7.